The van der Waals surface area contributed by atoms with Crippen LogP contribution in [0.1, 0.15) is 32.1 Å². The van der Waals surface area contributed by atoms with E-state index in [1.54, 1.807) is 0 Å². The first-order valence-corrected chi connectivity index (χ1v) is 7.38. The fourth-order valence-corrected chi connectivity index (χ4v) is 1.73. The first-order valence-electron chi connectivity index (χ1n) is 7.38. The first kappa shape index (κ1) is 18.8. The summed E-state index contributed by atoms with van der Waals surface area (Å²) in [6.45, 7) is 3.70. The van der Waals surface area contributed by atoms with E-state index in [0.29, 0.717) is 26.2 Å². The summed E-state index contributed by atoms with van der Waals surface area (Å²) in [5.41, 5.74) is 10.6. The first-order chi connectivity index (χ1) is 9.20. The van der Waals surface area contributed by atoms with Crippen molar-refractivity contribution in [2.24, 2.45) is 11.5 Å². The third-order valence-electron chi connectivity index (χ3n) is 3.01. The molecule has 0 bridgehead atoms. The van der Waals surface area contributed by atoms with Gasteiger partial charge in [-0.15, -0.1) is 0 Å². The van der Waals surface area contributed by atoms with Crippen LogP contribution in [-0.4, -0.2) is 61.7 Å². The lowest BCUT2D eigenvalue weighted by Crippen LogP contribution is -2.33. The van der Waals surface area contributed by atoms with Crippen LogP contribution in [-0.2, 0) is 0 Å². The quantitative estimate of drug-likeness (QED) is 0.221. The molecule has 0 amide bonds. The van der Waals surface area contributed by atoms with Gasteiger partial charge in [0.25, 0.3) is 0 Å². The van der Waals surface area contributed by atoms with Crippen molar-refractivity contribution in [2.75, 3.05) is 39.3 Å². The van der Waals surface area contributed by atoms with Gasteiger partial charge in [0.1, 0.15) is 0 Å². The van der Waals surface area contributed by atoms with Crippen molar-refractivity contribution >= 4 is 0 Å². The maximum atomic E-state index is 9.22. The summed E-state index contributed by atoms with van der Waals surface area (Å²) < 4.78 is 0. The number of nitrogens with one attached hydrogen (secondary N) is 2. The predicted molar refractivity (Wildman–Crippen MR) is 78.9 cm³/mol. The molecule has 0 unspecified atom stereocenters. The van der Waals surface area contributed by atoms with Crippen LogP contribution < -0.4 is 22.1 Å². The molecule has 0 spiro atoms. The van der Waals surface area contributed by atoms with Gasteiger partial charge in [-0.25, -0.2) is 0 Å². The van der Waals surface area contributed by atoms with Crippen molar-refractivity contribution in [1.29, 1.82) is 0 Å². The average Bonchev–Trinajstić information content (AvgIpc) is 2.43. The molecule has 0 rings (SSSR count). The van der Waals surface area contributed by atoms with E-state index >= 15 is 0 Å². The zero-order valence-corrected chi connectivity index (χ0v) is 12.0. The van der Waals surface area contributed by atoms with Gasteiger partial charge in [0.05, 0.1) is 12.2 Å². The maximum absolute atomic E-state index is 9.22. The molecule has 0 aliphatic carbocycles. The molecule has 116 valence electrons. The molecule has 6 heteroatoms. The van der Waals surface area contributed by atoms with Crippen molar-refractivity contribution < 1.29 is 10.2 Å². The topological polar surface area (TPSA) is 117 Å². The molecule has 0 aromatic carbocycles. The lowest BCUT2D eigenvalue weighted by atomic mass is 10.1. The molecule has 0 aliphatic heterocycles. The summed E-state index contributed by atoms with van der Waals surface area (Å²) in [5, 5.41) is 24.8. The molecule has 0 aliphatic rings. The van der Waals surface area contributed by atoms with E-state index < -0.39 is 12.2 Å². The Bertz CT molecular complexity index is 166. The number of nitrogens with two attached hydrogens (primary N) is 2. The number of unbranched alkanes of at least 4 members (excludes halogenated alkanes) is 4. The van der Waals surface area contributed by atoms with Crippen molar-refractivity contribution in [3.05, 3.63) is 0 Å². The number of rotatable bonds is 14. The Labute approximate surface area is 116 Å². The van der Waals surface area contributed by atoms with E-state index in [1.165, 1.54) is 19.3 Å². The van der Waals surface area contributed by atoms with Gasteiger partial charge >= 0.3 is 0 Å². The Morgan fingerprint density at radius 1 is 0.684 bits per heavy atom. The lowest BCUT2D eigenvalue weighted by molar-refractivity contribution is 0.179. The highest BCUT2D eigenvalue weighted by Crippen LogP contribution is 2.01. The Balaban J connectivity index is 3.03. The number of hydrogen-bond donors (Lipinski definition) is 6. The Kier molecular flexibility index (Phi) is 14.0. The molecule has 0 heterocycles. The van der Waals surface area contributed by atoms with E-state index in [4.69, 9.17) is 11.5 Å². The molecule has 0 saturated carbocycles. The van der Waals surface area contributed by atoms with Crippen LogP contribution in [0.15, 0.2) is 0 Å². The van der Waals surface area contributed by atoms with Gasteiger partial charge in [0.2, 0.25) is 0 Å². The van der Waals surface area contributed by atoms with Gasteiger partial charge in [-0.05, 0) is 25.9 Å². The molecule has 0 aromatic rings. The van der Waals surface area contributed by atoms with Crippen LogP contribution in [0.4, 0.5) is 0 Å². The third kappa shape index (κ3) is 14.0. The fourth-order valence-electron chi connectivity index (χ4n) is 1.73. The zero-order chi connectivity index (χ0) is 14.3. The van der Waals surface area contributed by atoms with Crippen LogP contribution >= 0.6 is 0 Å². The van der Waals surface area contributed by atoms with Crippen LogP contribution in [0.5, 0.6) is 0 Å². The lowest BCUT2D eigenvalue weighted by Gasteiger charge is -2.09. The normalized spacial score (nSPS) is 14.5. The van der Waals surface area contributed by atoms with E-state index in [9.17, 15) is 10.2 Å². The minimum absolute atomic E-state index is 0.318. The number of aliphatic hydroxyl groups is 2. The van der Waals surface area contributed by atoms with Crippen LogP contribution in [0, 0.1) is 0 Å². The second kappa shape index (κ2) is 14.2. The summed E-state index contributed by atoms with van der Waals surface area (Å²) in [6, 6.07) is 0. The van der Waals surface area contributed by atoms with Gasteiger partial charge in [-0.3, -0.25) is 0 Å². The molecule has 0 radical (unpaired) electrons. The van der Waals surface area contributed by atoms with E-state index in [1.807, 2.05) is 0 Å². The van der Waals surface area contributed by atoms with Crippen LogP contribution in [0.2, 0.25) is 0 Å². The predicted octanol–water partition coefficient (Wildman–Crippen LogP) is -1.24. The summed E-state index contributed by atoms with van der Waals surface area (Å²) in [7, 11) is 0. The standard InChI is InChI=1S/C13H32N4O2/c14-8-12(18)10-16-6-4-2-1-3-5-7-17-11-13(19)9-15/h12-13,16-19H,1-11,14-15H2/t12-,13-/m0/s1. The van der Waals surface area contributed by atoms with Gasteiger partial charge in [0.15, 0.2) is 0 Å². The largest absolute Gasteiger partial charge is 0.390 e. The number of hydrogen-bond acceptors (Lipinski definition) is 6. The molecular formula is C13H32N4O2. The molecule has 0 saturated heterocycles. The molecule has 8 N–H and O–H groups in total. The summed E-state index contributed by atoms with van der Waals surface area (Å²) >= 11 is 0. The van der Waals surface area contributed by atoms with Gasteiger partial charge in [-0.1, -0.05) is 19.3 Å². The number of aliphatic hydroxyl groups excluding tert-OH is 2. The van der Waals surface area contributed by atoms with E-state index in [-0.39, 0.29) is 0 Å². The SMILES string of the molecule is NC[C@H](O)CNCCCCCCCNC[C@@H](O)CN. The smallest absolute Gasteiger partial charge is 0.0786 e. The monoisotopic (exact) mass is 276 g/mol. The maximum Gasteiger partial charge on any atom is 0.0786 e. The van der Waals surface area contributed by atoms with Gasteiger partial charge < -0.3 is 32.3 Å². The summed E-state index contributed by atoms with van der Waals surface area (Å²) in [4.78, 5) is 0. The second-order valence-corrected chi connectivity index (χ2v) is 4.96. The molecule has 0 aromatic heterocycles. The highest BCUT2D eigenvalue weighted by molar-refractivity contribution is 4.60. The minimum Gasteiger partial charge on any atom is -0.390 e. The Hall–Kier alpha value is -0.240. The van der Waals surface area contributed by atoms with Crippen LogP contribution in [0.25, 0.3) is 0 Å². The molecule has 6 nitrogen and oxygen atoms in total. The van der Waals surface area contributed by atoms with Crippen molar-refractivity contribution in [2.45, 2.75) is 44.3 Å². The molecule has 2 atom stereocenters. The molecular weight excluding hydrogens is 244 g/mol. The minimum atomic E-state index is -0.421. The van der Waals surface area contributed by atoms with Crippen molar-refractivity contribution in [1.82, 2.24) is 10.6 Å². The Morgan fingerprint density at radius 3 is 1.42 bits per heavy atom. The van der Waals surface area contributed by atoms with Gasteiger partial charge in [0, 0.05) is 26.2 Å². The van der Waals surface area contributed by atoms with Gasteiger partial charge in [-0.2, -0.15) is 0 Å². The highest BCUT2D eigenvalue weighted by atomic mass is 16.3. The van der Waals surface area contributed by atoms with Crippen molar-refractivity contribution in [3.8, 4) is 0 Å². The average molecular weight is 276 g/mol. The second-order valence-electron chi connectivity index (χ2n) is 4.96. The highest BCUT2D eigenvalue weighted by Gasteiger charge is 1.99. The molecule has 19 heavy (non-hydrogen) atoms. The summed E-state index contributed by atoms with van der Waals surface area (Å²) in [6.07, 6.45) is 5.06. The van der Waals surface area contributed by atoms with Crippen LogP contribution in [0.3, 0.4) is 0 Å². The third-order valence-corrected chi connectivity index (χ3v) is 3.01. The fraction of sp³-hybridized carbons (Fsp3) is 1.00. The Morgan fingerprint density at radius 2 is 1.05 bits per heavy atom. The van der Waals surface area contributed by atoms with E-state index in [2.05, 4.69) is 10.6 Å². The van der Waals surface area contributed by atoms with E-state index in [0.717, 1.165) is 25.9 Å². The molecule has 0 fully saturated rings. The zero-order valence-electron chi connectivity index (χ0n) is 12.0. The van der Waals surface area contributed by atoms with Crippen molar-refractivity contribution in [3.63, 3.8) is 0 Å². The summed E-state index contributed by atoms with van der Waals surface area (Å²) in [5.74, 6) is 0.